The van der Waals surface area contributed by atoms with Gasteiger partial charge in [-0.05, 0) is 67.6 Å². The number of carbonyl (C=O) groups is 2. The van der Waals surface area contributed by atoms with E-state index in [9.17, 15) is 9.59 Å². The van der Waals surface area contributed by atoms with E-state index in [-0.39, 0.29) is 11.8 Å². The first-order valence-corrected chi connectivity index (χ1v) is 9.52. The van der Waals surface area contributed by atoms with E-state index < -0.39 is 0 Å². The first kappa shape index (κ1) is 17.1. The Hall–Kier alpha value is -2.33. The summed E-state index contributed by atoms with van der Waals surface area (Å²) < 4.78 is 0. The molecule has 0 bridgehead atoms. The SMILES string of the molecule is O=C(c1ccc2c(c1)CCC(=O)N2c1cccc(Cl)c1)N1CCCCC1. The number of hydrogen-bond donors (Lipinski definition) is 0. The van der Waals surface area contributed by atoms with Gasteiger partial charge in [-0.25, -0.2) is 0 Å². The number of rotatable bonds is 2. The van der Waals surface area contributed by atoms with Crippen LogP contribution in [0.5, 0.6) is 0 Å². The Bertz CT molecular complexity index is 859. The van der Waals surface area contributed by atoms with E-state index in [1.807, 2.05) is 35.2 Å². The highest BCUT2D eigenvalue weighted by Crippen LogP contribution is 2.36. The van der Waals surface area contributed by atoms with Gasteiger partial charge in [-0.2, -0.15) is 0 Å². The minimum atomic E-state index is 0.0508. The zero-order valence-electron chi connectivity index (χ0n) is 14.6. The van der Waals surface area contributed by atoms with Gasteiger partial charge in [0, 0.05) is 30.1 Å². The molecule has 0 spiro atoms. The normalized spacial score (nSPS) is 17.2. The predicted molar refractivity (Wildman–Crippen MR) is 103 cm³/mol. The molecule has 0 N–H and O–H groups in total. The van der Waals surface area contributed by atoms with Crippen LogP contribution in [0.3, 0.4) is 0 Å². The van der Waals surface area contributed by atoms with Gasteiger partial charge in [-0.1, -0.05) is 17.7 Å². The quantitative estimate of drug-likeness (QED) is 0.778. The number of hydrogen-bond acceptors (Lipinski definition) is 2. The van der Waals surface area contributed by atoms with Crippen molar-refractivity contribution in [2.45, 2.75) is 32.1 Å². The summed E-state index contributed by atoms with van der Waals surface area (Å²) in [7, 11) is 0. The van der Waals surface area contributed by atoms with Crippen LogP contribution in [-0.4, -0.2) is 29.8 Å². The fourth-order valence-electron chi connectivity index (χ4n) is 3.80. The zero-order chi connectivity index (χ0) is 18.1. The Morgan fingerprint density at radius 3 is 2.54 bits per heavy atom. The van der Waals surface area contributed by atoms with E-state index in [0.717, 1.165) is 42.9 Å². The molecule has 2 aromatic carbocycles. The third kappa shape index (κ3) is 3.21. The number of halogens is 1. The van der Waals surface area contributed by atoms with Crippen LogP contribution in [0.2, 0.25) is 5.02 Å². The van der Waals surface area contributed by atoms with E-state index in [2.05, 4.69) is 0 Å². The second kappa shape index (κ2) is 7.12. The lowest BCUT2D eigenvalue weighted by molar-refractivity contribution is -0.118. The number of likely N-dealkylation sites (tertiary alicyclic amines) is 1. The van der Waals surface area contributed by atoms with Crippen molar-refractivity contribution in [3.8, 4) is 0 Å². The maximum absolute atomic E-state index is 12.8. The van der Waals surface area contributed by atoms with Crippen molar-refractivity contribution in [3.05, 3.63) is 58.6 Å². The molecule has 0 atom stereocenters. The molecule has 4 rings (SSSR count). The molecule has 0 radical (unpaired) electrons. The predicted octanol–water partition coefficient (Wildman–Crippen LogP) is 4.58. The molecule has 0 unspecified atom stereocenters. The van der Waals surface area contributed by atoms with E-state index in [4.69, 9.17) is 11.6 Å². The Morgan fingerprint density at radius 1 is 0.962 bits per heavy atom. The molecule has 2 aromatic rings. The highest BCUT2D eigenvalue weighted by atomic mass is 35.5. The summed E-state index contributed by atoms with van der Waals surface area (Å²) in [4.78, 5) is 29.0. The molecule has 1 fully saturated rings. The van der Waals surface area contributed by atoms with Gasteiger partial charge < -0.3 is 4.90 Å². The van der Waals surface area contributed by atoms with Crippen LogP contribution in [0.1, 0.15) is 41.6 Å². The second-order valence-electron chi connectivity index (χ2n) is 6.91. The zero-order valence-corrected chi connectivity index (χ0v) is 15.3. The van der Waals surface area contributed by atoms with Crippen LogP contribution in [0.4, 0.5) is 11.4 Å². The minimum absolute atomic E-state index is 0.0508. The van der Waals surface area contributed by atoms with Gasteiger partial charge in [0.1, 0.15) is 0 Å². The Morgan fingerprint density at radius 2 is 1.77 bits per heavy atom. The maximum Gasteiger partial charge on any atom is 0.253 e. The molecule has 0 aromatic heterocycles. The third-order valence-corrected chi connectivity index (χ3v) is 5.37. The van der Waals surface area contributed by atoms with Crippen molar-refractivity contribution < 1.29 is 9.59 Å². The lowest BCUT2D eigenvalue weighted by Gasteiger charge is -2.31. The number of fused-ring (bicyclic) bond motifs is 1. The number of piperidine rings is 1. The number of aryl methyl sites for hydroxylation is 1. The van der Waals surface area contributed by atoms with Gasteiger partial charge in [0.2, 0.25) is 5.91 Å². The van der Waals surface area contributed by atoms with Crippen LogP contribution >= 0.6 is 11.6 Å². The Balaban J connectivity index is 1.67. The van der Waals surface area contributed by atoms with Crippen molar-refractivity contribution in [1.29, 1.82) is 0 Å². The minimum Gasteiger partial charge on any atom is -0.339 e. The van der Waals surface area contributed by atoms with E-state index >= 15 is 0 Å². The van der Waals surface area contributed by atoms with E-state index in [1.54, 1.807) is 17.0 Å². The van der Waals surface area contributed by atoms with Gasteiger partial charge in [0.15, 0.2) is 0 Å². The van der Waals surface area contributed by atoms with Crippen LogP contribution in [0, 0.1) is 0 Å². The largest absolute Gasteiger partial charge is 0.339 e. The molecular formula is C21H21ClN2O2. The van der Waals surface area contributed by atoms with Gasteiger partial charge in [-0.15, -0.1) is 0 Å². The first-order valence-electron chi connectivity index (χ1n) is 9.14. The molecule has 2 aliphatic heterocycles. The van der Waals surface area contributed by atoms with E-state index in [0.29, 0.717) is 23.4 Å². The van der Waals surface area contributed by atoms with Crippen molar-refractivity contribution in [1.82, 2.24) is 4.90 Å². The third-order valence-electron chi connectivity index (χ3n) is 5.13. The summed E-state index contributed by atoms with van der Waals surface area (Å²) in [5, 5.41) is 0.597. The molecule has 2 heterocycles. The number of nitrogens with zero attached hydrogens (tertiary/aromatic N) is 2. The summed E-state index contributed by atoms with van der Waals surface area (Å²) in [5.74, 6) is 0.147. The summed E-state index contributed by atoms with van der Waals surface area (Å²) in [5.41, 5.74) is 3.36. The Labute approximate surface area is 158 Å². The summed E-state index contributed by atoms with van der Waals surface area (Å²) in [6.07, 6.45) is 4.44. The molecule has 0 saturated carbocycles. The molecular weight excluding hydrogens is 348 g/mol. The summed E-state index contributed by atoms with van der Waals surface area (Å²) in [6, 6.07) is 13.0. The summed E-state index contributed by atoms with van der Waals surface area (Å²) >= 11 is 6.10. The van der Waals surface area contributed by atoms with Crippen molar-refractivity contribution >= 4 is 34.8 Å². The maximum atomic E-state index is 12.8. The molecule has 134 valence electrons. The number of carbonyl (C=O) groups excluding carboxylic acids is 2. The van der Waals surface area contributed by atoms with Gasteiger partial charge in [-0.3, -0.25) is 14.5 Å². The van der Waals surface area contributed by atoms with Crippen LogP contribution in [0.15, 0.2) is 42.5 Å². The van der Waals surface area contributed by atoms with E-state index in [1.165, 1.54) is 6.42 Å². The average Bonchev–Trinajstić information content (AvgIpc) is 2.67. The molecule has 1 saturated heterocycles. The molecule has 2 amide bonds. The standard InChI is InChI=1S/C21H21ClN2O2/c22-17-5-4-6-18(14-17)24-19-9-7-16(13-15(19)8-10-20(24)25)21(26)23-11-2-1-3-12-23/h4-7,9,13-14H,1-3,8,10-12H2. The van der Waals surface area contributed by atoms with Gasteiger partial charge >= 0.3 is 0 Å². The van der Waals surface area contributed by atoms with Crippen LogP contribution < -0.4 is 4.90 Å². The highest BCUT2D eigenvalue weighted by Gasteiger charge is 2.27. The smallest absolute Gasteiger partial charge is 0.253 e. The van der Waals surface area contributed by atoms with Crippen LogP contribution in [-0.2, 0) is 11.2 Å². The topological polar surface area (TPSA) is 40.6 Å². The lowest BCUT2D eigenvalue weighted by Crippen LogP contribution is -2.36. The highest BCUT2D eigenvalue weighted by molar-refractivity contribution is 6.31. The fourth-order valence-corrected chi connectivity index (χ4v) is 3.99. The molecule has 4 nitrogen and oxygen atoms in total. The van der Waals surface area contributed by atoms with Crippen molar-refractivity contribution in [3.63, 3.8) is 0 Å². The molecule has 26 heavy (non-hydrogen) atoms. The number of benzene rings is 2. The molecule has 0 aliphatic carbocycles. The summed E-state index contributed by atoms with van der Waals surface area (Å²) in [6.45, 7) is 1.67. The van der Waals surface area contributed by atoms with Crippen LogP contribution in [0.25, 0.3) is 0 Å². The molecule has 2 aliphatic rings. The molecule has 5 heteroatoms. The van der Waals surface area contributed by atoms with Gasteiger partial charge in [0.25, 0.3) is 5.91 Å². The average molecular weight is 369 g/mol. The number of amides is 2. The number of anilines is 2. The fraction of sp³-hybridized carbons (Fsp3) is 0.333. The second-order valence-corrected chi connectivity index (χ2v) is 7.34. The Kier molecular flexibility index (Phi) is 4.68. The van der Waals surface area contributed by atoms with Crippen molar-refractivity contribution in [2.75, 3.05) is 18.0 Å². The van der Waals surface area contributed by atoms with Crippen molar-refractivity contribution in [2.24, 2.45) is 0 Å². The van der Waals surface area contributed by atoms with Gasteiger partial charge in [0.05, 0.1) is 11.4 Å². The lowest BCUT2D eigenvalue weighted by atomic mass is 9.97. The monoisotopic (exact) mass is 368 g/mol. The first-order chi connectivity index (χ1) is 12.6.